The average molecular weight is 188 g/mol. The minimum atomic E-state index is -0.0926. The third-order valence-electron chi connectivity index (χ3n) is 2.50. The number of ether oxygens (including phenoxy) is 4. The molecule has 0 aromatic rings. The molecule has 2 aliphatic rings. The molecule has 0 N–H and O–H groups in total. The SMILES string of the molecule is CC1OCC2(CO1)COC(C)OC2. The van der Waals surface area contributed by atoms with Crippen molar-refractivity contribution in [1.29, 1.82) is 0 Å². The molecule has 4 nitrogen and oxygen atoms in total. The third-order valence-corrected chi connectivity index (χ3v) is 2.50. The molecule has 0 saturated carbocycles. The Balaban J connectivity index is 1.90. The lowest BCUT2D eigenvalue weighted by Crippen LogP contribution is -2.51. The summed E-state index contributed by atoms with van der Waals surface area (Å²) in [5.41, 5.74) is -0.0704. The summed E-state index contributed by atoms with van der Waals surface area (Å²) in [6.45, 7) is 6.48. The van der Waals surface area contributed by atoms with Crippen molar-refractivity contribution in [3.63, 3.8) is 0 Å². The minimum absolute atomic E-state index is 0.0704. The van der Waals surface area contributed by atoms with Crippen molar-refractivity contribution in [2.75, 3.05) is 26.4 Å². The van der Waals surface area contributed by atoms with Crippen molar-refractivity contribution < 1.29 is 18.9 Å². The highest BCUT2D eigenvalue weighted by Crippen LogP contribution is 2.29. The molecule has 4 heteroatoms. The van der Waals surface area contributed by atoms with E-state index in [9.17, 15) is 0 Å². The predicted octanol–water partition coefficient (Wildman–Crippen LogP) is 0.758. The molecule has 2 aliphatic heterocycles. The fourth-order valence-corrected chi connectivity index (χ4v) is 1.52. The molecule has 0 unspecified atom stereocenters. The van der Waals surface area contributed by atoms with Gasteiger partial charge in [-0.2, -0.15) is 0 Å². The summed E-state index contributed by atoms with van der Waals surface area (Å²) in [4.78, 5) is 0. The largest absolute Gasteiger partial charge is 0.352 e. The maximum atomic E-state index is 5.42. The molecule has 0 aromatic carbocycles. The van der Waals surface area contributed by atoms with Crippen molar-refractivity contribution in [2.45, 2.75) is 26.4 Å². The lowest BCUT2D eigenvalue weighted by molar-refractivity contribution is -0.294. The van der Waals surface area contributed by atoms with Gasteiger partial charge in [-0.1, -0.05) is 0 Å². The summed E-state index contributed by atoms with van der Waals surface area (Å²) in [5.74, 6) is 0. The molecule has 0 aromatic heterocycles. The van der Waals surface area contributed by atoms with Crippen LogP contribution in [0.3, 0.4) is 0 Å². The quantitative estimate of drug-likeness (QED) is 0.562. The van der Waals surface area contributed by atoms with Crippen LogP contribution in [-0.2, 0) is 18.9 Å². The molecule has 0 amide bonds. The van der Waals surface area contributed by atoms with Crippen LogP contribution in [0.25, 0.3) is 0 Å². The first kappa shape index (κ1) is 9.40. The Hall–Kier alpha value is -0.160. The zero-order chi connectivity index (χ0) is 9.31. The Bertz CT molecular complexity index is 143. The fraction of sp³-hybridized carbons (Fsp3) is 1.00. The molecule has 76 valence electrons. The van der Waals surface area contributed by atoms with E-state index in [1.807, 2.05) is 13.8 Å². The Kier molecular flexibility index (Phi) is 2.55. The summed E-state index contributed by atoms with van der Waals surface area (Å²) in [7, 11) is 0. The number of hydrogen-bond acceptors (Lipinski definition) is 4. The number of hydrogen-bond donors (Lipinski definition) is 0. The summed E-state index contributed by atoms with van der Waals surface area (Å²) in [5, 5.41) is 0. The van der Waals surface area contributed by atoms with Crippen LogP contribution in [-0.4, -0.2) is 39.0 Å². The van der Waals surface area contributed by atoms with Crippen LogP contribution in [0.2, 0.25) is 0 Å². The van der Waals surface area contributed by atoms with Crippen molar-refractivity contribution in [2.24, 2.45) is 5.41 Å². The van der Waals surface area contributed by atoms with Gasteiger partial charge in [0.25, 0.3) is 0 Å². The monoisotopic (exact) mass is 188 g/mol. The summed E-state index contributed by atoms with van der Waals surface area (Å²) in [6, 6.07) is 0. The summed E-state index contributed by atoms with van der Waals surface area (Å²) in [6.07, 6.45) is -0.185. The molecule has 13 heavy (non-hydrogen) atoms. The number of rotatable bonds is 0. The zero-order valence-corrected chi connectivity index (χ0v) is 8.12. The van der Waals surface area contributed by atoms with Crippen LogP contribution in [0.4, 0.5) is 0 Å². The maximum absolute atomic E-state index is 5.42. The van der Waals surface area contributed by atoms with Gasteiger partial charge in [-0.3, -0.25) is 0 Å². The molecule has 2 rings (SSSR count). The topological polar surface area (TPSA) is 36.9 Å². The summed E-state index contributed by atoms with van der Waals surface area (Å²) >= 11 is 0. The van der Waals surface area contributed by atoms with Gasteiger partial charge >= 0.3 is 0 Å². The normalized spacial score (nSPS) is 46.6. The lowest BCUT2D eigenvalue weighted by atomic mass is 9.91. The molecule has 0 bridgehead atoms. The first-order valence-corrected chi connectivity index (χ1v) is 4.67. The van der Waals surface area contributed by atoms with Crippen LogP contribution in [0.1, 0.15) is 13.8 Å². The van der Waals surface area contributed by atoms with E-state index in [4.69, 9.17) is 18.9 Å². The van der Waals surface area contributed by atoms with Gasteiger partial charge in [-0.25, -0.2) is 0 Å². The third kappa shape index (κ3) is 2.02. The Morgan fingerprint density at radius 3 is 1.38 bits per heavy atom. The lowest BCUT2D eigenvalue weighted by Gasteiger charge is -2.42. The molecule has 0 radical (unpaired) electrons. The second-order valence-corrected chi connectivity index (χ2v) is 3.88. The fourth-order valence-electron chi connectivity index (χ4n) is 1.52. The van der Waals surface area contributed by atoms with E-state index in [0.29, 0.717) is 26.4 Å². The molecule has 2 saturated heterocycles. The summed E-state index contributed by atoms with van der Waals surface area (Å²) < 4.78 is 21.7. The van der Waals surface area contributed by atoms with Crippen LogP contribution in [0, 0.1) is 5.41 Å². The van der Waals surface area contributed by atoms with Gasteiger partial charge in [0.1, 0.15) is 0 Å². The molecule has 0 atom stereocenters. The molecule has 1 spiro atoms. The van der Waals surface area contributed by atoms with Crippen LogP contribution >= 0.6 is 0 Å². The molecular weight excluding hydrogens is 172 g/mol. The van der Waals surface area contributed by atoms with E-state index in [-0.39, 0.29) is 18.0 Å². The first-order valence-electron chi connectivity index (χ1n) is 4.67. The molecule has 0 aliphatic carbocycles. The maximum Gasteiger partial charge on any atom is 0.154 e. The predicted molar refractivity (Wildman–Crippen MR) is 45.2 cm³/mol. The van der Waals surface area contributed by atoms with Gasteiger partial charge in [0.15, 0.2) is 12.6 Å². The van der Waals surface area contributed by atoms with Gasteiger partial charge in [-0.05, 0) is 13.8 Å². The Labute approximate surface area is 78.1 Å². The minimum Gasteiger partial charge on any atom is -0.352 e. The molecule has 2 heterocycles. The van der Waals surface area contributed by atoms with Gasteiger partial charge < -0.3 is 18.9 Å². The molecular formula is C9H16O4. The van der Waals surface area contributed by atoms with Crippen molar-refractivity contribution in [1.82, 2.24) is 0 Å². The van der Waals surface area contributed by atoms with Gasteiger partial charge in [0.2, 0.25) is 0 Å². The standard InChI is InChI=1S/C9H16O4/c1-7-10-3-9(4-11-7)5-12-8(2)13-6-9/h7-8H,3-6H2,1-2H3. The highest BCUT2D eigenvalue weighted by Gasteiger charge is 2.40. The van der Waals surface area contributed by atoms with Gasteiger partial charge in [0, 0.05) is 0 Å². The average Bonchev–Trinajstić information content (AvgIpc) is 2.16. The van der Waals surface area contributed by atoms with Crippen LogP contribution in [0.5, 0.6) is 0 Å². The van der Waals surface area contributed by atoms with E-state index < -0.39 is 0 Å². The van der Waals surface area contributed by atoms with Gasteiger partial charge in [-0.15, -0.1) is 0 Å². The second kappa shape index (κ2) is 3.53. The van der Waals surface area contributed by atoms with Crippen molar-refractivity contribution in [3.05, 3.63) is 0 Å². The van der Waals surface area contributed by atoms with Crippen molar-refractivity contribution in [3.8, 4) is 0 Å². The highest BCUT2D eigenvalue weighted by atomic mass is 16.7. The van der Waals surface area contributed by atoms with Crippen LogP contribution in [0.15, 0.2) is 0 Å². The van der Waals surface area contributed by atoms with Crippen LogP contribution < -0.4 is 0 Å². The first-order chi connectivity index (χ1) is 6.20. The molecule has 2 fully saturated rings. The van der Waals surface area contributed by atoms with E-state index in [0.717, 1.165) is 0 Å². The van der Waals surface area contributed by atoms with E-state index >= 15 is 0 Å². The second-order valence-electron chi connectivity index (χ2n) is 3.88. The van der Waals surface area contributed by atoms with E-state index in [2.05, 4.69) is 0 Å². The highest BCUT2D eigenvalue weighted by molar-refractivity contribution is 4.83. The Morgan fingerprint density at radius 1 is 0.769 bits per heavy atom. The Morgan fingerprint density at radius 2 is 1.08 bits per heavy atom. The van der Waals surface area contributed by atoms with E-state index in [1.54, 1.807) is 0 Å². The smallest absolute Gasteiger partial charge is 0.154 e. The van der Waals surface area contributed by atoms with Crippen molar-refractivity contribution >= 4 is 0 Å². The van der Waals surface area contributed by atoms with E-state index in [1.165, 1.54) is 0 Å². The zero-order valence-electron chi connectivity index (χ0n) is 8.12. The van der Waals surface area contributed by atoms with Gasteiger partial charge in [0.05, 0.1) is 31.8 Å².